The lowest BCUT2D eigenvalue weighted by atomic mass is 9.95. The molecule has 1 heterocycles. The molecule has 17 heavy (non-hydrogen) atoms. The topological polar surface area (TPSA) is 24.5 Å². The Bertz CT molecular complexity index is 380. The monoisotopic (exact) mass is 234 g/mol. The van der Waals surface area contributed by atoms with Crippen molar-refractivity contribution in [1.29, 1.82) is 0 Å². The standard InChI is InChI=1S/C14H22N2O/c1-4-14(2)11-16(10-9-15-14)12-7-5-6-8-13(12)17-3/h5-8,15H,4,9-11H2,1-3H3. The largest absolute Gasteiger partial charge is 0.495 e. The van der Waals surface area contributed by atoms with Gasteiger partial charge in [-0.2, -0.15) is 0 Å². The summed E-state index contributed by atoms with van der Waals surface area (Å²) in [6.45, 7) is 7.62. The van der Waals surface area contributed by atoms with Crippen molar-refractivity contribution in [2.75, 3.05) is 31.6 Å². The van der Waals surface area contributed by atoms with Crippen molar-refractivity contribution in [2.24, 2.45) is 0 Å². The predicted octanol–water partition coefficient (Wildman–Crippen LogP) is 2.27. The summed E-state index contributed by atoms with van der Waals surface area (Å²) in [7, 11) is 1.74. The third kappa shape index (κ3) is 2.55. The van der Waals surface area contributed by atoms with Crippen LogP contribution in [0.25, 0.3) is 0 Å². The Morgan fingerprint density at radius 3 is 2.88 bits per heavy atom. The average molecular weight is 234 g/mol. The summed E-state index contributed by atoms with van der Waals surface area (Å²) in [5, 5.41) is 3.60. The highest BCUT2D eigenvalue weighted by atomic mass is 16.5. The zero-order valence-electron chi connectivity index (χ0n) is 11.0. The molecule has 0 aromatic heterocycles. The number of piperazine rings is 1. The molecule has 3 heteroatoms. The molecular weight excluding hydrogens is 212 g/mol. The smallest absolute Gasteiger partial charge is 0.142 e. The van der Waals surface area contributed by atoms with Crippen LogP contribution in [-0.4, -0.2) is 32.3 Å². The number of nitrogens with one attached hydrogen (secondary N) is 1. The van der Waals surface area contributed by atoms with Crippen LogP contribution in [0, 0.1) is 0 Å². The second-order valence-corrected chi connectivity index (χ2v) is 4.93. The molecule has 0 amide bonds. The van der Waals surface area contributed by atoms with E-state index in [2.05, 4.69) is 36.2 Å². The van der Waals surface area contributed by atoms with E-state index in [9.17, 15) is 0 Å². The second kappa shape index (κ2) is 4.96. The van der Waals surface area contributed by atoms with Crippen molar-refractivity contribution in [3.63, 3.8) is 0 Å². The van der Waals surface area contributed by atoms with Crippen LogP contribution in [0.4, 0.5) is 5.69 Å². The van der Waals surface area contributed by atoms with Crippen LogP contribution < -0.4 is 15.0 Å². The lowest BCUT2D eigenvalue weighted by Crippen LogP contribution is -2.58. The molecule has 3 nitrogen and oxygen atoms in total. The Balaban J connectivity index is 2.22. The van der Waals surface area contributed by atoms with E-state index < -0.39 is 0 Å². The maximum atomic E-state index is 5.44. The number of hydrogen-bond acceptors (Lipinski definition) is 3. The van der Waals surface area contributed by atoms with Crippen LogP contribution in [-0.2, 0) is 0 Å². The fourth-order valence-corrected chi connectivity index (χ4v) is 2.38. The van der Waals surface area contributed by atoms with Crippen molar-refractivity contribution >= 4 is 5.69 Å². The van der Waals surface area contributed by atoms with E-state index in [1.807, 2.05) is 12.1 Å². The van der Waals surface area contributed by atoms with Crippen molar-refractivity contribution in [1.82, 2.24) is 5.32 Å². The zero-order valence-corrected chi connectivity index (χ0v) is 11.0. The number of para-hydroxylation sites is 2. The van der Waals surface area contributed by atoms with Crippen LogP contribution in [0.2, 0.25) is 0 Å². The predicted molar refractivity (Wildman–Crippen MR) is 71.9 cm³/mol. The molecule has 94 valence electrons. The van der Waals surface area contributed by atoms with E-state index in [-0.39, 0.29) is 5.54 Å². The second-order valence-electron chi connectivity index (χ2n) is 4.93. The Hall–Kier alpha value is -1.22. The van der Waals surface area contributed by atoms with E-state index in [4.69, 9.17) is 4.74 Å². The van der Waals surface area contributed by atoms with Gasteiger partial charge in [0.15, 0.2) is 0 Å². The quantitative estimate of drug-likeness (QED) is 0.868. The Morgan fingerprint density at radius 1 is 1.41 bits per heavy atom. The lowest BCUT2D eigenvalue weighted by molar-refractivity contribution is 0.312. The van der Waals surface area contributed by atoms with Crippen LogP contribution in [0.1, 0.15) is 20.3 Å². The normalized spacial score (nSPS) is 24.8. The molecule has 1 atom stereocenters. The number of ether oxygens (including phenoxy) is 1. The first-order valence-corrected chi connectivity index (χ1v) is 6.31. The number of hydrogen-bond donors (Lipinski definition) is 1. The van der Waals surface area contributed by atoms with Gasteiger partial charge in [0.25, 0.3) is 0 Å². The number of anilines is 1. The van der Waals surface area contributed by atoms with Crippen LogP contribution in [0.5, 0.6) is 5.75 Å². The Morgan fingerprint density at radius 2 is 2.18 bits per heavy atom. The van der Waals surface area contributed by atoms with E-state index in [1.165, 1.54) is 5.69 Å². The molecule has 2 rings (SSSR count). The van der Waals surface area contributed by atoms with Gasteiger partial charge in [-0.15, -0.1) is 0 Å². The zero-order chi connectivity index (χ0) is 12.3. The summed E-state index contributed by atoms with van der Waals surface area (Å²) in [5.74, 6) is 0.966. The molecule has 0 radical (unpaired) electrons. The van der Waals surface area contributed by atoms with Crippen LogP contribution in [0.3, 0.4) is 0 Å². The first-order valence-electron chi connectivity index (χ1n) is 6.31. The Labute approximate surface area is 104 Å². The fourth-order valence-electron chi connectivity index (χ4n) is 2.38. The molecule has 0 aliphatic carbocycles. The number of rotatable bonds is 3. The van der Waals surface area contributed by atoms with Crippen molar-refractivity contribution in [3.8, 4) is 5.75 Å². The van der Waals surface area contributed by atoms with Crippen molar-refractivity contribution < 1.29 is 4.74 Å². The van der Waals surface area contributed by atoms with Gasteiger partial charge in [0.2, 0.25) is 0 Å². The van der Waals surface area contributed by atoms with Crippen LogP contribution >= 0.6 is 0 Å². The van der Waals surface area contributed by atoms with Gasteiger partial charge in [0, 0.05) is 25.2 Å². The van der Waals surface area contributed by atoms with Gasteiger partial charge in [-0.05, 0) is 25.5 Å². The van der Waals surface area contributed by atoms with Gasteiger partial charge < -0.3 is 15.0 Å². The van der Waals surface area contributed by atoms with Crippen LogP contribution in [0.15, 0.2) is 24.3 Å². The molecule has 1 aromatic rings. The maximum Gasteiger partial charge on any atom is 0.142 e. The van der Waals surface area contributed by atoms with E-state index in [0.29, 0.717) is 0 Å². The summed E-state index contributed by atoms with van der Waals surface area (Å²) in [5.41, 5.74) is 1.41. The van der Waals surface area contributed by atoms with Gasteiger partial charge in [0.05, 0.1) is 12.8 Å². The summed E-state index contributed by atoms with van der Waals surface area (Å²) < 4.78 is 5.44. The van der Waals surface area contributed by atoms with E-state index in [0.717, 1.165) is 31.8 Å². The molecule has 1 unspecified atom stereocenters. The first-order chi connectivity index (χ1) is 8.18. The third-order valence-corrected chi connectivity index (χ3v) is 3.68. The minimum Gasteiger partial charge on any atom is -0.495 e. The maximum absolute atomic E-state index is 5.44. The molecule has 1 aromatic carbocycles. The van der Waals surface area contributed by atoms with Gasteiger partial charge in [0.1, 0.15) is 5.75 Å². The number of benzene rings is 1. The molecule has 1 aliphatic heterocycles. The molecule has 1 aliphatic rings. The molecule has 1 fully saturated rings. The number of nitrogens with zero attached hydrogens (tertiary/aromatic N) is 1. The van der Waals surface area contributed by atoms with Gasteiger partial charge >= 0.3 is 0 Å². The third-order valence-electron chi connectivity index (χ3n) is 3.68. The van der Waals surface area contributed by atoms with Gasteiger partial charge in [-0.1, -0.05) is 19.1 Å². The molecule has 0 bridgehead atoms. The molecule has 1 saturated heterocycles. The molecule has 1 N–H and O–H groups in total. The molecule has 0 saturated carbocycles. The van der Waals surface area contributed by atoms with E-state index in [1.54, 1.807) is 7.11 Å². The Kier molecular flexibility index (Phi) is 3.57. The lowest BCUT2D eigenvalue weighted by Gasteiger charge is -2.42. The summed E-state index contributed by atoms with van der Waals surface area (Å²) in [6, 6.07) is 8.26. The molecule has 0 spiro atoms. The fraction of sp³-hybridized carbons (Fsp3) is 0.571. The molecular formula is C14H22N2O. The highest BCUT2D eigenvalue weighted by molar-refractivity contribution is 5.59. The summed E-state index contributed by atoms with van der Waals surface area (Å²) >= 11 is 0. The summed E-state index contributed by atoms with van der Waals surface area (Å²) in [4.78, 5) is 2.42. The minimum atomic E-state index is 0.207. The average Bonchev–Trinajstić information content (AvgIpc) is 2.39. The van der Waals surface area contributed by atoms with Crippen molar-refractivity contribution in [2.45, 2.75) is 25.8 Å². The first kappa shape index (κ1) is 12.2. The van der Waals surface area contributed by atoms with Gasteiger partial charge in [-0.25, -0.2) is 0 Å². The van der Waals surface area contributed by atoms with Crippen molar-refractivity contribution in [3.05, 3.63) is 24.3 Å². The SMILES string of the molecule is CCC1(C)CN(c2ccccc2OC)CCN1. The minimum absolute atomic E-state index is 0.207. The van der Waals surface area contributed by atoms with Gasteiger partial charge in [-0.3, -0.25) is 0 Å². The summed E-state index contributed by atoms with van der Waals surface area (Å²) in [6.07, 6.45) is 1.14. The number of methoxy groups -OCH3 is 1. The highest BCUT2D eigenvalue weighted by Gasteiger charge is 2.29. The van der Waals surface area contributed by atoms with E-state index >= 15 is 0 Å². The highest BCUT2D eigenvalue weighted by Crippen LogP contribution is 2.30.